The van der Waals surface area contributed by atoms with Crippen LogP contribution >= 0.6 is 24.0 Å². The van der Waals surface area contributed by atoms with Crippen LogP contribution in [0.25, 0.3) is 0 Å². The molecule has 6 heteroatoms. The monoisotopic (exact) mass is 296 g/mol. The average molecular weight is 296 g/mol. The summed E-state index contributed by atoms with van der Waals surface area (Å²) in [6.45, 7) is 0. The molecule has 0 aliphatic carbocycles. The van der Waals surface area contributed by atoms with Crippen molar-refractivity contribution in [2.45, 2.75) is 18.1 Å². The maximum absolute atomic E-state index is 12.2. The minimum absolute atomic E-state index is 0.00380. The van der Waals surface area contributed by atoms with Crippen LogP contribution in [0.5, 0.6) is 5.75 Å². The molecule has 19 heavy (non-hydrogen) atoms. The van der Waals surface area contributed by atoms with Crippen molar-refractivity contribution in [3.05, 3.63) is 23.8 Å². The zero-order valence-corrected chi connectivity index (χ0v) is 12.3. The highest BCUT2D eigenvalue weighted by Gasteiger charge is 2.25. The maximum atomic E-state index is 12.2. The summed E-state index contributed by atoms with van der Waals surface area (Å²) in [6, 6.07) is 5.36. The highest BCUT2D eigenvalue weighted by atomic mass is 32.2. The van der Waals surface area contributed by atoms with Crippen LogP contribution in [-0.2, 0) is 4.79 Å². The Kier molecular flexibility index (Phi) is 4.66. The average Bonchev–Trinajstić information content (AvgIpc) is 2.92. The number of ether oxygens (including phenoxy) is 1. The molecule has 1 fully saturated rings. The van der Waals surface area contributed by atoms with Gasteiger partial charge in [0.1, 0.15) is 10.7 Å². The van der Waals surface area contributed by atoms with Gasteiger partial charge in [-0.05, 0) is 30.7 Å². The predicted octanol–water partition coefficient (Wildman–Crippen LogP) is 2.16. The van der Waals surface area contributed by atoms with Gasteiger partial charge in [0, 0.05) is 5.56 Å². The lowest BCUT2D eigenvalue weighted by Crippen LogP contribution is -2.25. The van der Waals surface area contributed by atoms with E-state index in [1.54, 1.807) is 37.1 Å². The van der Waals surface area contributed by atoms with Crippen molar-refractivity contribution in [2.75, 3.05) is 18.2 Å². The predicted molar refractivity (Wildman–Crippen MR) is 83.0 cm³/mol. The van der Waals surface area contributed by atoms with Crippen molar-refractivity contribution < 1.29 is 9.53 Å². The lowest BCUT2D eigenvalue weighted by atomic mass is 10.1. The highest BCUT2D eigenvalue weighted by Crippen LogP contribution is 2.31. The van der Waals surface area contributed by atoms with Crippen molar-refractivity contribution in [3.63, 3.8) is 0 Å². The number of benzene rings is 1. The molecule has 1 saturated heterocycles. The second kappa shape index (κ2) is 6.25. The number of thiocarbonyl (C=S) groups is 1. The van der Waals surface area contributed by atoms with E-state index in [0.717, 1.165) is 18.6 Å². The molecule has 0 saturated carbocycles. The van der Waals surface area contributed by atoms with Gasteiger partial charge in [0.05, 0.1) is 18.0 Å². The van der Waals surface area contributed by atoms with E-state index in [1.807, 2.05) is 0 Å². The molecule has 1 aliphatic heterocycles. The molecule has 1 aromatic rings. The number of rotatable bonds is 4. The summed E-state index contributed by atoms with van der Waals surface area (Å²) in [4.78, 5) is 12.4. The van der Waals surface area contributed by atoms with Crippen LogP contribution in [0.3, 0.4) is 0 Å². The molecule has 1 heterocycles. The lowest BCUT2D eigenvalue weighted by molar-refractivity contribution is -0.115. The minimum Gasteiger partial charge on any atom is -0.495 e. The van der Waals surface area contributed by atoms with Crippen LogP contribution in [0, 0.1) is 0 Å². The second-order valence-corrected chi connectivity index (χ2v) is 5.99. The number of methoxy groups -OCH3 is 1. The van der Waals surface area contributed by atoms with Crippen LogP contribution in [-0.4, -0.2) is 29.0 Å². The van der Waals surface area contributed by atoms with E-state index in [1.165, 1.54) is 0 Å². The number of anilines is 1. The zero-order chi connectivity index (χ0) is 13.8. The van der Waals surface area contributed by atoms with E-state index in [0.29, 0.717) is 17.0 Å². The Morgan fingerprint density at radius 3 is 2.95 bits per heavy atom. The molecule has 0 aromatic heterocycles. The first-order valence-corrected chi connectivity index (χ1v) is 7.48. The van der Waals surface area contributed by atoms with Crippen LogP contribution < -0.4 is 15.8 Å². The van der Waals surface area contributed by atoms with Crippen LogP contribution in [0.4, 0.5) is 5.69 Å². The molecule has 0 bridgehead atoms. The third-order valence-electron chi connectivity index (χ3n) is 2.98. The standard InChI is InChI=1S/C13H16N2O2S2/c1-17-9-5-2-4-8(12(14)18)11(9)15-13(16)10-6-3-7-19-10/h2,4-5,10H,3,6-7H2,1H3,(H2,14,18)(H,15,16). The molecule has 1 atom stereocenters. The third-order valence-corrected chi connectivity index (χ3v) is 4.58. The number of nitrogens with one attached hydrogen (secondary N) is 1. The quantitative estimate of drug-likeness (QED) is 0.834. The number of thioether (sulfide) groups is 1. The van der Waals surface area contributed by atoms with E-state index in [2.05, 4.69) is 5.32 Å². The zero-order valence-electron chi connectivity index (χ0n) is 10.6. The van der Waals surface area contributed by atoms with E-state index < -0.39 is 0 Å². The fraction of sp³-hybridized carbons (Fsp3) is 0.385. The van der Waals surface area contributed by atoms with Gasteiger partial charge < -0.3 is 15.8 Å². The van der Waals surface area contributed by atoms with Gasteiger partial charge in [-0.2, -0.15) is 0 Å². The molecule has 0 spiro atoms. The van der Waals surface area contributed by atoms with Gasteiger partial charge in [0.25, 0.3) is 0 Å². The number of amides is 1. The van der Waals surface area contributed by atoms with Crippen molar-refractivity contribution >= 4 is 40.6 Å². The molecule has 3 N–H and O–H groups in total. The van der Waals surface area contributed by atoms with Crippen molar-refractivity contribution in [1.29, 1.82) is 0 Å². The number of carbonyl (C=O) groups is 1. The summed E-state index contributed by atoms with van der Waals surface area (Å²) in [7, 11) is 1.55. The molecular formula is C13H16N2O2S2. The van der Waals surface area contributed by atoms with Crippen molar-refractivity contribution in [2.24, 2.45) is 5.73 Å². The number of hydrogen-bond donors (Lipinski definition) is 2. The highest BCUT2D eigenvalue weighted by molar-refractivity contribution is 8.00. The largest absolute Gasteiger partial charge is 0.495 e. The van der Waals surface area contributed by atoms with E-state index in [9.17, 15) is 4.79 Å². The fourth-order valence-corrected chi connectivity index (χ4v) is 3.36. The molecule has 4 nitrogen and oxygen atoms in total. The Balaban J connectivity index is 2.26. The normalized spacial score (nSPS) is 18.1. The van der Waals surface area contributed by atoms with E-state index >= 15 is 0 Å². The molecule has 1 unspecified atom stereocenters. The summed E-state index contributed by atoms with van der Waals surface area (Å²) in [5, 5.41) is 2.90. The summed E-state index contributed by atoms with van der Waals surface area (Å²) >= 11 is 6.69. The number of nitrogens with two attached hydrogens (primary N) is 1. The Labute approximate surface area is 122 Å². The molecule has 102 valence electrons. The third kappa shape index (κ3) is 3.19. The topological polar surface area (TPSA) is 64.3 Å². The number of carbonyl (C=O) groups excluding carboxylic acids is 1. The maximum Gasteiger partial charge on any atom is 0.237 e. The molecular weight excluding hydrogens is 280 g/mol. The fourth-order valence-electron chi connectivity index (χ4n) is 2.02. The summed E-state index contributed by atoms with van der Waals surface area (Å²) in [5.41, 5.74) is 6.88. The van der Waals surface area contributed by atoms with Gasteiger partial charge in [0.15, 0.2) is 0 Å². The van der Waals surface area contributed by atoms with Gasteiger partial charge >= 0.3 is 0 Å². The number of para-hydroxylation sites is 1. The second-order valence-electron chi connectivity index (χ2n) is 4.24. The molecule has 1 amide bonds. The first kappa shape index (κ1) is 14.1. The first-order valence-electron chi connectivity index (χ1n) is 6.02. The van der Waals surface area contributed by atoms with Crippen molar-refractivity contribution in [3.8, 4) is 5.75 Å². The van der Waals surface area contributed by atoms with Gasteiger partial charge in [-0.1, -0.05) is 18.3 Å². The Morgan fingerprint density at radius 1 is 1.58 bits per heavy atom. The Morgan fingerprint density at radius 2 is 2.37 bits per heavy atom. The number of hydrogen-bond acceptors (Lipinski definition) is 4. The van der Waals surface area contributed by atoms with Crippen LogP contribution in [0.15, 0.2) is 18.2 Å². The summed E-state index contributed by atoms with van der Waals surface area (Å²) < 4.78 is 5.26. The molecule has 0 radical (unpaired) electrons. The van der Waals surface area contributed by atoms with E-state index in [-0.39, 0.29) is 16.1 Å². The van der Waals surface area contributed by atoms with Gasteiger partial charge in [-0.3, -0.25) is 4.79 Å². The molecule has 1 aromatic carbocycles. The van der Waals surface area contributed by atoms with Gasteiger partial charge in [0.2, 0.25) is 5.91 Å². The Bertz CT molecular complexity index is 499. The first-order chi connectivity index (χ1) is 9.13. The molecule has 1 aliphatic rings. The smallest absolute Gasteiger partial charge is 0.237 e. The van der Waals surface area contributed by atoms with E-state index in [4.69, 9.17) is 22.7 Å². The van der Waals surface area contributed by atoms with Crippen LogP contribution in [0.2, 0.25) is 0 Å². The summed E-state index contributed by atoms with van der Waals surface area (Å²) in [5.74, 6) is 1.60. The van der Waals surface area contributed by atoms with Gasteiger partial charge in [-0.15, -0.1) is 11.8 Å². The molecule has 2 rings (SSSR count). The minimum atomic E-state index is -0.00972. The van der Waals surface area contributed by atoms with Crippen LogP contribution in [0.1, 0.15) is 18.4 Å². The Hall–Kier alpha value is -1.27. The summed E-state index contributed by atoms with van der Waals surface area (Å²) in [6.07, 6.45) is 1.99. The SMILES string of the molecule is COc1cccc(C(N)=S)c1NC(=O)C1CCCS1. The van der Waals surface area contributed by atoms with Crippen molar-refractivity contribution in [1.82, 2.24) is 0 Å². The van der Waals surface area contributed by atoms with Gasteiger partial charge in [-0.25, -0.2) is 0 Å². The lowest BCUT2D eigenvalue weighted by Gasteiger charge is -2.16.